The Kier molecular flexibility index (Phi) is 0.961. The summed E-state index contributed by atoms with van der Waals surface area (Å²) in [7, 11) is 0. The van der Waals surface area contributed by atoms with Crippen LogP contribution in [-0.2, 0) is 4.79 Å². The van der Waals surface area contributed by atoms with Crippen LogP contribution in [0.15, 0.2) is 0 Å². The van der Waals surface area contributed by atoms with E-state index in [-0.39, 0.29) is 0 Å². The van der Waals surface area contributed by atoms with Gasteiger partial charge < -0.3 is 0 Å². The van der Waals surface area contributed by atoms with Crippen LogP contribution in [0, 0.1) is 17.3 Å². The molecule has 0 aromatic heterocycles. The van der Waals surface area contributed by atoms with Gasteiger partial charge in [0.15, 0.2) is 0 Å². The van der Waals surface area contributed by atoms with E-state index in [2.05, 4.69) is 0 Å². The summed E-state index contributed by atoms with van der Waals surface area (Å²) in [6, 6.07) is 0. The lowest BCUT2D eigenvalue weighted by Gasteiger charge is -2.47. The van der Waals surface area contributed by atoms with Crippen LogP contribution in [0.25, 0.3) is 0 Å². The molecule has 3 aliphatic carbocycles. The average Bonchev–Trinajstić information content (AvgIpc) is 2.39. The van der Waals surface area contributed by atoms with Gasteiger partial charge in [0.1, 0.15) is 5.78 Å². The third-order valence-corrected chi connectivity index (χ3v) is 4.45. The molecule has 0 bridgehead atoms. The Balaban J connectivity index is 1.98. The number of hydrogen-bond acceptors (Lipinski definition) is 1. The van der Waals surface area contributed by atoms with Gasteiger partial charge >= 0.3 is 0 Å². The van der Waals surface area contributed by atoms with Crippen molar-refractivity contribution in [2.45, 2.75) is 38.5 Å². The summed E-state index contributed by atoms with van der Waals surface area (Å²) in [6.07, 6.45) is 7.58. The molecule has 3 aliphatic rings. The van der Waals surface area contributed by atoms with Gasteiger partial charge in [-0.15, -0.1) is 0 Å². The quantitative estimate of drug-likeness (QED) is 0.517. The molecule has 1 spiro atoms. The van der Waals surface area contributed by atoms with Crippen LogP contribution < -0.4 is 0 Å². The normalized spacial score (nSPS) is 53.6. The zero-order chi connectivity index (χ0) is 7.47. The molecule has 3 saturated carbocycles. The van der Waals surface area contributed by atoms with Gasteiger partial charge in [-0.1, -0.05) is 6.42 Å². The van der Waals surface area contributed by atoms with E-state index in [1.54, 1.807) is 0 Å². The summed E-state index contributed by atoms with van der Waals surface area (Å²) in [5.41, 5.74) is 0.567. The van der Waals surface area contributed by atoms with Crippen molar-refractivity contribution in [1.82, 2.24) is 0 Å². The van der Waals surface area contributed by atoms with Crippen molar-refractivity contribution < 1.29 is 4.79 Å². The van der Waals surface area contributed by atoms with E-state index in [0.717, 1.165) is 12.3 Å². The predicted molar refractivity (Wildman–Crippen MR) is 42.1 cm³/mol. The van der Waals surface area contributed by atoms with Gasteiger partial charge in [0.05, 0.1) is 0 Å². The van der Waals surface area contributed by atoms with E-state index >= 15 is 0 Å². The van der Waals surface area contributed by atoms with Crippen LogP contribution in [0.5, 0.6) is 0 Å². The first-order valence-corrected chi connectivity index (χ1v) is 4.86. The highest BCUT2D eigenvalue weighted by molar-refractivity contribution is 5.85. The minimum absolute atomic E-state index is 0.523. The zero-order valence-corrected chi connectivity index (χ0v) is 6.81. The molecule has 0 aliphatic heterocycles. The Morgan fingerprint density at radius 1 is 1.36 bits per heavy atom. The van der Waals surface area contributed by atoms with E-state index < -0.39 is 0 Å². The molecule has 0 saturated heterocycles. The van der Waals surface area contributed by atoms with Gasteiger partial charge in [0, 0.05) is 12.3 Å². The smallest absolute Gasteiger partial charge is 0.136 e. The lowest BCUT2D eigenvalue weighted by molar-refractivity contribution is -0.129. The van der Waals surface area contributed by atoms with Crippen LogP contribution >= 0.6 is 0 Å². The summed E-state index contributed by atoms with van der Waals surface area (Å²) in [6.45, 7) is 0. The largest absolute Gasteiger partial charge is 0.299 e. The molecule has 0 heterocycles. The third kappa shape index (κ3) is 0.533. The van der Waals surface area contributed by atoms with Crippen LogP contribution in [0.1, 0.15) is 38.5 Å². The highest BCUT2D eigenvalue weighted by Gasteiger charge is 2.62. The Morgan fingerprint density at radius 2 is 2.27 bits per heavy atom. The minimum atomic E-state index is 0.523. The van der Waals surface area contributed by atoms with Crippen molar-refractivity contribution in [3.05, 3.63) is 0 Å². The second-order valence-corrected chi connectivity index (χ2v) is 4.58. The van der Waals surface area contributed by atoms with Crippen LogP contribution in [0.2, 0.25) is 0 Å². The van der Waals surface area contributed by atoms with Crippen molar-refractivity contribution in [3.8, 4) is 0 Å². The molecule has 0 radical (unpaired) electrons. The maximum absolute atomic E-state index is 11.4. The molecule has 0 aromatic carbocycles. The fraction of sp³-hybridized carbons (Fsp3) is 0.900. The van der Waals surface area contributed by atoms with Crippen LogP contribution in [0.4, 0.5) is 0 Å². The molecular formula is C10H14O. The maximum atomic E-state index is 11.4. The molecule has 1 unspecified atom stereocenters. The first kappa shape index (κ1) is 6.22. The Hall–Kier alpha value is -0.330. The molecule has 1 heteroatoms. The standard InChI is InChI=1S/C10H14O/c11-9-3-5-10-4-1-2-7(10)6-8(9)10/h7-8H,1-6H2/t7-,8+,10?/m1/s1. The van der Waals surface area contributed by atoms with Crippen molar-refractivity contribution >= 4 is 5.78 Å². The Labute approximate surface area is 67.2 Å². The van der Waals surface area contributed by atoms with Crippen molar-refractivity contribution in [2.24, 2.45) is 17.3 Å². The number of carbonyl (C=O) groups is 1. The lowest BCUT2D eigenvalue weighted by Crippen LogP contribution is -2.43. The summed E-state index contributed by atoms with van der Waals surface area (Å²) in [5, 5.41) is 0. The number of rotatable bonds is 0. The average molecular weight is 150 g/mol. The molecule has 3 atom stereocenters. The molecule has 11 heavy (non-hydrogen) atoms. The van der Waals surface area contributed by atoms with Crippen LogP contribution in [0.3, 0.4) is 0 Å². The topological polar surface area (TPSA) is 17.1 Å². The molecule has 60 valence electrons. The van der Waals surface area contributed by atoms with E-state index in [1.165, 1.54) is 32.1 Å². The number of hydrogen-bond donors (Lipinski definition) is 0. The maximum Gasteiger partial charge on any atom is 0.136 e. The summed E-state index contributed by atoms with van der Waals surface area (Å²) in [5.74, 6) is 2.07. The Bertz CT molecular complexity index is 221. The fourth-order valence-electron chi connectivity index (χ4n) is 3.82. The SMILES string of the molecule is O=C1CCC23CCC[C@@H]2C[C@@H]13. The predicted octanol–water partition coefficient (Wildman–Crippen LogP) is 2.16. The van der Waals surface area contributed by atoms with Gasteiger partial charge in [-0.05, 0) is 37.0 Å². The third-order valence-electron chi connectivity index (χ3n) is 4.45. The Morgan fingerprint density at radius 3 is 3.00 bits per heavy atom. The molecule has 1 nitrogen and oxygen atoms in total. The zero-order valence-electron chi connectivity index (χ0n) is 6.81. The van der Waals surface area contributed by atoms with E-state index in [1.807, 2.05) is 0 Å². The second-order valence-electron chi connectivity index (χ2n) is 4.58. The fourth-order valence-corrected chi connectivity index (χ4v) is 3.82. The summed E-state index contributed by atoms with van der Waals surface area (Å²) < 4.78 is 0. The highest BCUT2D eigenvalue weighted by atomic mass is 16.1. The van der Waals surface area contributed by atoms with Gasteiger partial charge in [-0.25, -0.2) is 0 Å². The number of Topliss-reactive ketones (excluding diaryl/α,β-unsaturated/α-hetero) is 1. The number of ketones is 1. The van der Waals surface area contributed by atoms with Gasteiger partial charge in [-0.2, -0.15) is 0 Å². The first-order chi connectivity index (χ1) is 5.33. The van der Waals surface area contributed by atoms with Crippen molar-refractivity contribution in [2.75, 3.05) is 0 Å². The molecule has 0 amide bonds. The van der Waals surface area contributed by atoms with E-state index in [0.29, 0.717) is 17.1 Å². The van der Waals surface area contributed by atoms with E-state index in [9.17, 15) is 4.79 Å². The molecule has 3 rings (SSSR count). The molecular weight excluding hydrogens is 136 g/mol. The second kappa shape index (κ2) is 1.70. The summed E-state index contributed by atoms with van der Waals surface area (Å²) >= 11 is 0. The summed E-state index contributed by atoms with van der Waals surface area (Å²) in [4.78, 5) is 11.4. The lowest BCUT2D eigenvalue weighted by atomic mass is 9.56. The molecule has 3 fully saturated rings. The van der Waals surface area contributed by atoms with Gasteiger partial charge in [-0.3, -0.25) is 4.79 Å². The van der Waals surface area contributed by atoms with Crippen LogP contribution in [-0.4, -0.2) is 5.78 Å². The highest BCUT2D eigenvalue weighted by Crippen LogP contribution is 2.67. The molecule has 0 aromatic rings. The first-order valence-electron chi connectivity index (χ1n) is 4.86. The van der Waals surface area contributed by atoms with Crippen molar-refractivity contribution in [1.29, 1.82) is 0 Å². The number of carbonyl (C=O) groups excluding carboxylic acids is 1. The van der Waals surface area contributed by atoms with Crippen molar-refractivity contribution in [3.63, 3.8) is 0 Å². The monoisotopic (exact) mass is 150 g/mol. The van der Waals surface area contributed by atoms with Gasteiger partial charge in [0.2, 0.25) is 0 Å². The van der Waals surface area contributed by atoms with Gasteiger partial charge in [0.25, 0.3) is 0 Å². The van der Waals surface area contributed by atoms with E-state index in [4.69, 9.17) is 0 Å². The molecule has 0 N–H and O–H groups in total. The minimum Gasteiger partial charge on any atom is -0.299 e.